The van der Waals surface area contributed by atoms with Gasteiger partial charge in [-0.15, -0.1) is 0 Å². The van der Waals surface area contributed by atoms with E-state index in [1.165, 1.54) is 23.8 Å². The second-order valence-corrected chi connectivity index (χ2v) is 12.5. The van der Waals surface area contributed by atoms with Crippen molar-refractivity contribution in [1.29, 1.82) is 0 Å². The van der Waals surface area contributed by atoms with Crippen LogP contribution in [-0.4, -0.2) is 86.0 Å². The Labute approximate surface area is 237 Å². The van der Waals surface area contributed by atoms with E-state index in [4.69, 9.17) is 17.3 Å². The van der Waals surface area contributed by atoms with Gasteiger partial charge in [0, 0.05) is 35.6 Å². The third-order valence-corrected chi connectivity index (χ3v) is 9.50. The van der Waals surface area contributed by atoms with Gasteiger partial charge in [0.1, 0.15) is 22.8 Å². The number of rotatable bonds is 7. The SMILES string of the molecule is CC(C)N(Cc1cc(O)c2c(c1Cl)C[C@H]1C[C@H]3[C@H](N(C)C)C(O)=C(C(N)=O)C(=O)C3(O)C(O)=C1C2=O)CC1CC1. The molecule has 1 aromatic rings. The third kappa shape index (κ3) is 4.24. The van der Waals surface area contributed by atoms with E-state index in [0.29, 0.717) is 28.6 Å². The number of aromatic hydroxyl groups is 1. The average molecular weight is 574 g/mol. The predicted octanol–water partition coefficient (Wildman–Crippen LogP) is 2.39. The van der Waals surface area contributed by atoms with E-state index in [1.807, 2.05) is 0 Å². The lowest BCUT2D eigenvalue weighted by Crippen LogP contribution is -2.63. The number of nitrogens with two attached hydrogens (primary N) is 1. The first kappa shape index (κ1) is 28.6. The lowest BCUT2D eigenvalue weighted by Gasteiger charge is -2.50. The molecule has 0 aliphatic heterocycles. The van der Waals surface area contributed by atoms with Crippen LogP contribution >= 0.6 is 11.6 Å². The van der Waals surface area contributed by atoms with Crippen LogP contribution in [0.15, 0.2) is 28.7 Å². The molecular formula is C29H36ClN3O7. The number of aliphatic hydroxyl groups is 3. The maximum absolute atomic E-state index is 13.8. The Bertz CT molecular complexity index is 1380. The first-order valence-corrected chi connectivity index (χ1v) is 14.0. The number of ketones is 2. The second kappa shape index (κ2) is 9.87. The Morgan fingerprint density at radius 1 is 1.20 bits per heavy atom. The number of phenols is 1. The van der Waals surface area contributed by atoms with E-state index < -0.39 is 58.0 Å². The van der Waals surface area contributed by atoms with E-state index in [0.717, 1.165) is 6.54 Å². The second-order valence-electron chi connectivity index (χ2n) is 12.2. The zero-order valence-electron chi connectivity index (χ0n) is 23.1. The number of likely N-dealkylation sites (N-methyl/N-ethyl adjacent to an activating group) is 1. The summed E-state index contributed by atoms with van der Waals surface area (Å²) in [7, 11) is 3.19. The minimum Gasteiger partial charge on any atom is -0.510 e. The van der Waals surface area contributed by atoms with Crippen LogP contribution < -0.4 is 5.73 Å². The minimum absolute atomic E-state index is 0.0207. The number of primary amides is 1. The van der Waals surface area contributed by atoms with Crippen LogP contribution in [0.25, 0.3) is 0 Å². The van der Waals surface area contributed by atoms with Gasteiger partial charge < -0.3 is 26.2 Å². The van der Waals surface area contributed by atoms with Crippen molar-refractivity contribution in [1.82, 2.24) is 9.80 Å². The molecule has 1 saturated carbocycles. The normalized spacial score (nSPS) is 28.4. The van der Waals surface area contributed by atoms with Gasteiger partial charge in [-0.1, -0.05) is 11.6 Å². The van der Waals surface area contributed by atoms with Crippen LogP contribution in [0, 0.1) is 17.8 Å². The predicted molar refractivity (Wildman–Crippen MR) is 147 cm³/mol. The standard InChI is InChI=1S/C29H36ClN3O7/c1-12(2)33(10-13-5-6-13)11-15-9-18(34)20-16(22(15)30)7-14-8-17-23(32(3)4)25(36)21(28(31)39)27(38)29(17,40)26(37)19(14)24(20)35/h9,12-14,17,23,34,36-37,40H,5-8,10-11H2,1-4H3,(H2,31,39)/t14-,17-,23-,29?/m0/s1. The number of carbonyl (C=O) groups is 3. The number of hydrogen-bond donors (Lipinski definition) is 5. The van der Waals surface area contributed by atoms with Crippen LogP contribution in [0.2, 0.25) is 5.02 Å². The summed E-state index contributed by atoms with van der Waals surface area (Å²) in [6.07, 6.45) is 2.57. The monoisotopic (exact) mass is 573 g/mol. The highest BCUT2D eigenvalue weighted by Gasteiger charge is 2.63. The van der Waals surface area contributed by atoms with Crippen molar-refractivity contribution in [2.75, 3.05) is 20.6 Å². The van der Waals surface area contributed by atoms with Crippen LogP contribution in [0.4, 0.5) is 0 Å². The van der Waals surface area contributed by atoms with Gasteiger partial charge in [-0.3, -0.25) is 24.2 Å². The maximum Gasteiger partial charge on any atom is 0.255 e. The lowest BCUT2D eigenvalue weighted by molar-refractivity contribution is -0.148. The van der Waals surface area contributed by atoms with Gasteiger partial charge in [-0.05, 0) is 82.7 Å². The number of nitrogens with zero attached hydrogens (tertiary/aromatic N) is 2. The van der Waals surface area contributed by atoms with Gasteiger partial charge in [-0.2, -0.15) is 0 Å². The molecule has 1 fully saturated rings. The van der Waals surface area contributed by atoms with Crippen molar-refractivity contribution >= 4 is 29.1 Å². The highest BCUT2D eigenvalue weighted by molar-refractivity contribution is 6.33. The van der Waals surface area contributed by atoms with E-state index in [2.05, 4.69) is 18.7 Å². The fourth-order valence-electron chi connectivity index (χ4n) is 6.78. The molecule has 1 aromatic carbocycles. The zero-order valence-corrected chi connectivity index (χ0v) is 23.8. The first-order chi connectivity index (χ1) is 18.7. The van der Waals surface area contributed by atoms with Crippen LogP contribution in [0.3, 0.4) is 0 Å². The summed E-state index contributed by atoms with van der Waals surface area (Å²) in [6, 6.07) is 0.679. The van der Waals surface area contributed by atoms with Crippen LogP contribution in [0.1, 0.15) is 54.6 Å². The molecular weight excluding hydrogens is 538 g/mol. The molecule has 10 nitrogen and oxygen atoms in total. The van der Waals surface area contributed by atoms with Gasteiger partial charge >= 0.3 is 0 Å². The molecule has 5 rings (SSSR count). The van der Waals surface area contributed by atoms with Crippen molar-refractivity contribution in [2.45, 2.75) is 63.8 Å². The molecule has 0 aromatic heterocycles. The molecule has 6 N–H and O–H groups in total. The number of amides is 1. The number of Topliss-reactive ketones (excluding diaryl/α,β-unsaturated/α-hetero) is 2. The highest BCUT2D eigenvalue weighted by Crippen LogP contribution is 2.53. The third-order valence-electron chi connectivity index (χ3n) is 9.02. The number of hydrogen-bond acceptors (Lipinski definition) is 9. The van der Waals surface area contributed by atoms with Gasteiger partial charge in [-0.25, -0.2) is 0 Å². The Kier molecular flexibility index (Phi) is 7.06. The fraction of sp³-hybridized carbons (Fsp3) is 0.552. The topological polar surface area (TPSA) is 165 Å². The zero-order chi connectivity index (χ0) is 29.4. The summed E-state index contributed by atoms with van der Waals surface area (Å²) in [6.45, 7) is 5.61. The Morgan fingerprint density at radius 3 is 2.40 bits per heavy atom. The van der Waals surface area contributed by atoms with E-state index in [-0.39, 0.29) is 35.8 Å². The molecule has 40 heavy (non-hydrogen) atoms. The van der Waals surface area contributed by atoms with E-state index >= 15 is 0 Å². The number of carbonyl (C=O) groups excluding carboxylic acids is 3. The van der Waals surface area contributed by atoms with E-state index in [1.54, 1.807) is 14.1 Å². The van der Waals surface area contributed by atoms with Crippen molar-refractivity contribution in [3.63, 3.8) is 0 Å². The Balaban J connectivity index is 1.60. The summed E-state index contributed by atoms with van der Waals surface area (Å²) < 4.78 is 0. The molecule has 4 aliphatic carbocycles. The van der Waals surface area contributed by atoms with Gasteiger partial charge in [0.25, 0.3) is 5.91 Å². The number of aliphatic hydroxyl groups excluding tert-OH is 2. The number of fused-ring (bicyclic) bond motifs is 3. The molecule has 1 amide bonds. The largest absolute Gasteiger partial charge is 0.510 e. The summed E-state index contributed by atoms with van der Waals surface area (Å²) in [5, 5.41) is 45.4. The molecule has 0 spiro atoms. The Morgan fingerprint density at radius 2 is 1.85 bits per heavy atom. The molecule has 4 aliphatic rings. The smallest absolute Gasteiger partial charge is 0.255 e. The van der Waals surface area contributed by atoms with E-state index in [9.17, 15) is 34.8 Å². The summed E-state index contributed by atoms with van der Waals surface area (Å²) in [4.78, 5) is 43.1. The number of allylic oxidation sites excluding steroid dienone is 1. The van der Waals surface area contributed by atoms with Crippen molar-refractivity contribution < 1.29 is 34.8 Å². The van der Waals surface area contributed by atoms with Crippen LogP contribution in [0.5, 0.6) is 5.75 Å². The lowest BCUT2D eigenvalue weighted by atomic mass is 9.58. The molecule has 0 bridgehead atoms. The average Bonchev–Trinajstić information content (AvgIpc) is 3.67. The maximum atomic E-state index is 13.8. The summed E-state index contributed by atoms with van der Waals surface area (Å²) >= 11 is 6.90. The summed E-state index contributed by atoms with van der Waals surface area (Å²) in [5.41, 5.74) is 2.74. The molecule has 1 unspecified atom stereocenters. The van der Waals surface area contributed by atoms with Crippen molar-refractivity contribution in [3.8, 4) is 5.75 Å². The molecule has 0 heterocycles. The van der Waals surface area contributed by atoms with Crippen LogP contribution in [-0.2, 0) is 22.6 Å². The number of benzene rings is 1. The van der Waals surface area contributed by atoms with Gasteiger partial charge in [0.2, 0.25) is 5.78 Å². The van der Waals surface area contributed by atoms with Gasteiger partial charge in [0.05, 0.1) is 11.6 Å². The first-order valence-electron chi connectivity index (χ1n) is 13.6. The van der Waals surface area contributed by atoms with Crippen molar-refractivity contribution in [3.05, 3.63) is 50.4 Å². The molecule has 0 saturated heterocycles. The molecule has 4 atom stereocenters. The molecule has 216 valence electrons. The molecule has 11 heteroatoms. The number of halogens is 1. The minimum atomic E-state index is -2.66. The van der Waals surface area contributed by atoms with Crippen molar-refractivity contribution in [2.24, 2.45) is 23.5 Å². The molecule has 0 radical (unpaired) electrons. The quantitative estimate of drug-likeness (QED) is 0.308. The van der Waals surface area contributed by atoms with Gasteiger partial charge in [0.15, 0.2) is 11.4 Å². The Hall–Kier alpha value is -2.92. The number of phenolic OH excluding ortho intramolecular Hbond substituents is 1. The fourth-order valence-corrected chi connectivity index (χ4v) is 7.06. The highest BCUT2D eigenvalue weighted by atomic mass is 35.5. The summed E-state index contributed by atoms with van der Waals surface area (Å²) in [5.74, 6) is -6.13.